The van der Waals surface area contributed by atoms with E-state index >= 15 is 0 Å². The summed E-state index contributed by atoms with van der Waals surface area (Å²) in [5, 5.41) is 3.03. The van der Waals surface area contributed by atoms with Crippen LogP contribution >= 0.6 is 11.6 Å². The second-order valence-corrected chi connectivity index (χ2v) is 4.90. The summed E-state index contributed by atoms with van der Waals surface area (Å²) in [5.41, 5.74) is 1.37. The third kappa shape index (κ3) is 4.72. The molecule has 0 saturated carbocycles. The van der Waals surface area contributed by atoms with Gasteiger partial charge in [0.15, 0.2) is 0 Å². The van der Waals surface area contributed by atoms with E-state index in [1.807, 2.05) is 30.3 Å². The van der Waals surface area contributed by atoms with Gasteiger partial charge in [0.2, 0.25) is 5.91 Å². The molecular weight excluding hydrogens is 289 g/mol. The highest BCUT2D eigenvalue weighted by Crippen LogP contribution is 2.20. The fraction of sp³-hybridized carbons (Fsp3) is 0.118. The fourth-order valence-electron chi connectivity index (χ4n) is 1.86. The van der Waals surface area contributed by atoms with Crippen LogP contribution in [0.15, 0.2) is 54.6 Å². The SMILES string of the molecule is O=C(/C=C/c1c(F)cccc1Cl)NCCc1ccccc1. The predicted octanol–water partition coefficient (Wildman–Crippen LogP) is 3.85. The molecule has 0 fully saturated rings. The summed E-state index contributed by atoms with van der Waals surface area (Å²) in [4.78, 5) is 11.7. The van der Waals surface area contributed by atoms with Crippen LogP contribution in [-0.2, 0) is 11.2 Å². The molecule has 2 aromatic rings. The minimum Gasteiger partial charge on any atom is -0.352 e. The van der Waals surface area contributed by atoms with Crippen molar-refractivity contribution in [2.24, 2.45) is 0 Å². The number of amides is 1. The monoisotopic (exact) mass is 303 g/mol. The van der Waals surface area contributed by atoms with Crippen LogP contribution in [-0.4, -0.2) is 12.5 Å². The van der Waals surface area contributed by atoms with Crippen LogP contribution in [0.3, 0.4) is 0 Å². The predicted molar refractivity (Wildman–Crippen MR) is 83.6 cm³/mol. The topological polar surface area (TPSA) is 29.1 Å². The molecule has 4 heteroatoms. The molecule has 0 aromatic heterocycles. The van der Waals surface area contributed by atoms with E-state index in [1.165, 1.54) is 24.3 Å². The molecule has 0 spiro atoms. The van der Waals surface area contributed by atoms with E-state index in [9.17, 15) is 9.18 Å². The lowest BCUT2D eigenvalue weighted by molar-refractivity contribution is -0.116. The first-order chi connectivity index (χ1) is 10.2. The summed E-state index contributed by atoms with van der Waals surface area (Å²) in [5.74, 6) is -0.721. The number of hydrogen-bond donors (Lipinski definition) is 1. The molecule has 0 aliphatic heterocycles. The Morgan fingerprint density at radius 3 is 2.62 bits per heavy atom. The first-order valence-corrected chi connectivity index (χ1v) is 6.98. The Morgan fingerprint density at radius 1 is 1.14 bits per heavy atom. The fourth-order valence-corrected chi connectivity index (χ4v) is 2.09. The van der Waals surface area contributed by atoms with Crippen LogP contribution in [0.1, 0.15) is 11.1 Å². The summed E-state index contributed by atoms with van der Waals surface area (Å²) >= 11 is 5.87. The van der Waals surface area contributed by atoms with Gasteiger partial charge in [-0.15, -0.1) is 0 Å². The maximum Gasteiger partial charge on any atom is 0.244 e. The maximum absolute atomic E-state index is 13.5. The number of carbonyl (C=O) groups excluding carboxylic acids is 1. The molecule has 0 unspecified atom stereocenters. The second kappa shape index (κ2) is 7.60. The third-order valence-electron chi connectivity index (χ3n) is 2.96. The smallest absolute Gasteiger partial charge is 0.244 e. The van der Waals surface area contributed by atoms with Crippen molar-refractivity contribution in [3.63, 3.8) is 0 Å². The van der Waals surface area contributed by atoms with Gasteiger partial charge in [-0.1, -0.05) is 48.0 Å². The van der Waals surface area contributed by atoms with Crippen LogP contribution in [0, 0.1) is 5.82 Å². The molecule has 0 heterocycles. The van der Waals surface area contributed by atoms with Gasteiger partial charge >= 0.3 is 0 Å². The first kappa shape index (κ1) is 15.3. The summed E-state index contributed by atoms with van der Waals surface area (Å²) in [6, 6.07) is 14.3. The molecule has 1 N–H and O–H groups in total. The van der Waals surface area contributed by atoms with E-state index in [4.69, 9.17) is 11.6 Å². The van der Waals surface area contributed by atoms with E-state index in [0.29, 0.717) is 6.54 Å². The van der Waals surface area contributed by atoms with E-state index in [2.05, 4.69) is 5.32 Å². The highest BCUT2D eigenvalue weighted by atomic mass is 35.5. The van der Waals surface area contributed by atoms with Crippen molar-refractivity contribution >= 4 is 23.6 Å². The Labute approximate surface area is 128 Å². The Kier molecular flexibility index (Phi) is 5.52. The molecule has 0 aliphatic carbocycles. The van der Waals surface area contributed by atoms with Gasteiger partial charge in [0.25, 0.3) is 0 Å². The zero-order chi connectivity index (χ0) is 15.1. The summed E-state index contributed by atoms with van der Waals surface area (Å²) < 4.78 is 13.5. The minimum atomic E-state index is -0.448. The molecule has 0 aliphatic rings. The molecule has 0 saturated heterocycles. The van der Waals surface area contributed by atoms with Gasteiger partial charge in [-0.3, -0.25) is 4.79 Å². The molecular formula is C17H15ClFNO. The Hall–Kier alpha value is -2.13. The van der Waals surface area contributed by atoms with Gasteiger partial charge in [-0.2, -0.15) is 0 Å². The molecule has 2 nitrogen and oxygen atoms in total. The Balaban J connectivity index is 1.86. The molecule has 2 rings (SSSR count). The second-order valence-electron chi connectivity index (χ2n) is 4.50. The summed E-state index contributed by atoms with van der Waals surface area (Å²) in [6.07, 6.45) is 3.42. The Bertz CT molecular complexity index is 620. The van der Waals surface area contributed by atoms with E-state index in [1.54, 1.807) is 6.07 Å². The van der Waals surface area contributed by atoms with Gasteiger partial charge in [0, 0.05) is 18.2 Å². The average Bonchev–Trinajstić information content (AvgIpc) is 2.48. The number of carbonyl (C=O) groups is 1. The molecule has 0 radical (unpaired) electrons. The van der Waals surface area contributed by atoms with Crippen LogP contribution in [0.2, 0.25) is 5.02 Å². The van der Waals surface area contributed by atoms with Gasteiger partial charge in [0.1, 0.15) is 5.82 Å². The number of benzene rings is 2. The summed E-state index contributed by atoms with van der Waals surface area (Å²) in [7, 11) is 0. The number of rotatable bonds is 5. The van der Waals surface area contributed by atoms with Crippen LogP contribution < -0.4 is 5.32 Å². The standard InChI is InChI=1S/C17H15ClFNO/c18-15-7-4-8-16(19)14(15)9-10-17(21)20-12-11-13-5-2-1-3-6-13/h1-10H,11-12H2,(H,20,21)/b10-9+. The lowest BCUT2D eigenvalue weighted by atomic mass is 10.1. The Morgan fingerprint density at radius 2 is 1.90 bits per heavy atom. The van der Waals surface area contributed by atoms with Crippen LogP contribution in [0.25, 0.3) is 6.08 Å². The maximum atomic E-state index is 13.5. The van der Waals surface area contributed by atoms with Crippen molar-refractivity contribution in [2.75, 3.05) is 6.54 Å². The molecule has 0 atom stereocenters. The average molecular weight is 304 g/mol. The quantitative estimate of drug-likeness (QED) is 0.835. The number of nitrogens with one attached hydrogen (secondary N) is 1. The van der Waals surface area contributed by atoms with Gasteiger partial charge in [-0.25, -0.2) is 4.39 Å². The van der Waals surface area contributed by atoms with Gasteiger partial charge in [-0.05, 0) is 30.2 Å². The van der Waals surface area contributed by atoms with E-state index in [-0.39, 0.29) is 16.5 Å². The normalized spacial score (nSPS) is 10.8. The molecule has 108 valence electrons. The molecule has 2 aromatic carbocycles. The van der Waals surface area contributed by atoms with Crippen molar-refractivity contribution in [2.45, 2.75) is 6.42 Å². The number of hydrogen-bond acceptors (Lipinski definition) is 1. The number of halogens is 2. The molecule has 1 amide bonds. The highest BCUT2D eigenvalue weighted by molar-refractivity contribution is 6.32. The van der Waals surface area contributed by atoms with E-state index < -0.39 is 5.82 Å². The van der Waals surface area contributed by atoms with Crippen LogP contribution in [0.5, 0.6) is 0 Å². The van der Waals surface area contributed by atoms with Gasteiger partial charge < -0.3 is 5.32 Å². The molecule has 21 heavy (non-hydrogen) atoms. The zero-order valence-electron chi connectivity index (χ0n) is 11.4. The van der Waals surface area contributed by atoms with Gasteiger partial charge in [0.05, 0.1) is 5.02 Å². The van der Waals surface area contributed by atoms with E-state index in [0.717, 1.165) is 12.0 Å². The van der Waals surface area contributed by atoms with Crippen molar-refractivity contribution in [3.8, 4) is 0 Å². The third-order valence-corrected chi connectivity index (χ3v) is 3.29. The van der Waals surface area contributed by atoms with Crippen molar-refractivity contribution in [1.82, 2.24) is 5.32 Å². The van der Waals surface area contributed by atoms with Crippen molar-refractivity contribution < 1.29 is 9.18 Å². The lowest BCUT2D eigenvalue weighted by Crippen LogP contribution is -2.23. The summed E-state index contributed by atoms with van der Waals surface area (Å²) in [6.45, 7) is 0.526. The van der Waals surface area contributed by atoms with Crippen molar-refractivity contribution in [1.29, 1.82) is 0 Å². The lowest BCUT2D eigenvalue weighted by Gasteiger charge is -2.03. The molecule has 0 bridgehead atoms. The van der Waals surface area contributed by atoms with Crippen LogP contribution in [0.4, 0.5) is 4.39 Å². The van der Waals surface area contributed by atoms with Crippen molar-refractivity contribution in [3.05, 3.63) is 76.6 Å². The zero-order valence-corrected chi connectivity index (χ0v) is 12.1. The largest absolute Gasteiger partial charge is 0.352 e. The first-order valence-electron chi connectivity index (χ1n) is 6.60. The highest BCUT2D eigenvalue weighted by Gasteiger charge is 2.03. The minimum absolute atomic E-state index is 0.220.